The van der Waals surface area contributed by atoms with Crippen LogP contribution in [0, 0.1) is 11.3 Å². The summed E-state index contributed by atoms with van der Waals surface area (Å²) in [5.41, 5.74) is 2.52. The molecule has 1 aliphatic carbocycles. The zero-order chi connectivity index (χ0) is 15.1. The van der Waals surface area contributed by atoms with E-state index in [-0.39, 0.29) is 29.6 Å². The summed E-state index contributed by atoms with van der Waals surface area (Å²) in [6.45, 7) is 8.67. The molecule has 0 aromatic heterocycles. The Bertz CT molecular complexity index is 544. The zero-order valence-electron chi connectivity index (χ0n) is 13.7. The second kappa shape index (κ2) is 6.21. The van der Waals surface area contributed by atoms with Crippen molar-refractivity contribution in [2.24, 2.45) is 11.3 Å². The summed E-state index contributed by atoms with van der Waals surface area (Å²) in [5, 5.41) is 6.58. The van der Waals surface area contributed by atoms with Gasteiger partial charge in [0.25, 0.3) is 0 Å². The fourth-order valence-electron chi connectivity index (χ4n) is 3.66. The fraction of sp³-hybridized carbons (Fsp3) is 0.611. The third kappa shape index (κ3) is 3.31. The maximum atomic E-state index is 12.6. The second-order valence-corrected chi connectivity index (χ2v) is 7.65. The lowest BCUT2D eigenvalue weighted by Crippen LogP contribution is -2.32. The summed E-state index contributed by atoms with van der Waals surface area (Å²) in [6, 6.07) is 8.18. The van der Waals surface area contributed by atoms with Crippen molar-refractivity contribution in [2.45, 2.75) is 45.4 Å². The van der Waals surface area contributed by atoms with Crippen LogP contribution in [0.15, 0.2) is 24.3 Å². The van der Waals surface area contributed by atoms with Crippen molar-refractivity contribution >= 4 is 24.0 Å². The molecule has 2 fully saturated rings. The lowest BCUT2D eigenvalue weighted by molar-refractivity contribution is -0.118. The molecule has 1 aromatic carbocycles. The number of anilines is 1. The average molecular weight is 323 g/mol. The highest BCUT2D eigenvalue weighted by atomic mass is 35.5. The molecule has 22 heavy (non-hydrogen) atoms. The highest BCUT2D eigenvalue weighted by Crippen LogP contribution is 2.58. The predicted octanol–water partition coefficient (Wildman–Crippen LogP) is 3.73. The van der Waals surface area contributed by atoms with Gasteiger partial charge in [-0.15, -0.1) is 12.4 Å². The number of amides is 1. The average Bonchev–Trinajstić information content (AvgIpc) is 3.12. The van der Waals surface area contributed by atoms with Crippen LogP contribution in [0.4, 0.5) is 5.69 Å². The number of nitrogens with one attached hydrogen (secondary N) is 2. The molecule has 1 aromatic rings. The van der Waals surface area contributed by atoms with Crippen molar-refractivity contribution in [1.29, 1.82) is 0 Å². The summed E-state index contributed by atoms with van der Waals surface area (Å²) in [5.74, 6) is 0.432. The standard InChI is InChI=1S/C18H26N2O.ClH/c1-17(2,3)13-6-4-5-7-15(13)20-16(21)14-12-18(14)8-10-19-11-9-18;/h4-7,14,19H,8-12H2,1-3H3,(H,20,21);1H. The van der Waals surface area contributed by atoms with Gasteiger partial charge in [-0.25, -0.2) is 0 Å². The van der Waals surface area contributed by atoms with Crippen molar-refractivity contribution in [3.8, 4) is 0 Å². The van der Waals surface area contributed by atoms with Gasteiger partial charge in [-0.3, -0.25) is 4.79 Å². The van der Waals surface area contributed by atoms with Gasteiger partial charge in [0, 0.05) is 11.6 Å². The second-order valence-electron chi connectivity index (χ2n) is 7.65. The Morgan fingerprint density at radius 3 is 2.50 bits per heavy atom. The van der Waals surface area contributed by atoms with Crippen molar-refractivity contribution in [2.75, 3.05) is 18.4 Å². The van der Waals surface area contributed by atoms with Crippen molar-refractivity contribution < 1.29 is 4.79 Å². The van der Waals surface area contributed by atoms with Crippen LogP contribution >= 0.6 is 12.4 Å². The number of hydrogen-bond acceptors (Lipinski definition) is 2. The smallest absolute Gasteiger partial charge is 0.228 e. The van der Waals surface area contributed by atoms with Gasteiger partial charge >= 0.3 is 0 Å². The molecule has 1 saturated carbocycles. The van der Waals surface area contributed by atoms with E-state index in [2.05, 4.69) is 37.5 Å². The van der Waals surface area contributed by atoms with Crippen LogP contribution < -0.4 is 10.6 Å². The molecule has 1 unspecified atom stereocenters. The molecule has 2 N–H and O–H groups in total. The molecule has 1 aliphatic heterocycles. The van der Waals surface area contributed by atoms with Crippen LogP contribution in [0.1, 0.15) is 45.6 Å². The van der Waals surface area contributed by atoms with E-state index in [1.54, 1.807) is 0 Å². The van der Waals surface area contributed by atoms with E-state index in [4.69, 9.17) is 0 Å². The van der Waals surface area contributed by atoms with Crippen molar-refractivity contribution in [1.82, 2.24) is 5.32 Å². The first-order valence-corrected chi connectivity index (χ1v) is 8.03. The lowest BCUT2D eigenvalue weighted by atomic mass is 9.85. The van der Waals surface area contributed by atoms with Crippen LogP contribution in [0.25, 0.3) is 0 Å². The molecule has 1 spiro atoms. The number of piperidine rings is 1. The molecule has 0 bridgehead atoms. The van der Waals surface area contributed by atoms with E-state index in [1.807, 2.05) is 18.2 Å². The maximum absolute atomic E-state index is 12.6. The summed E-state index contributed by atoms with van der Waals surface area (Å²) in [4.78, 5) is 12.6. The van der Waals surface area contributed by atoms with Crippen LogP contribution in [-0.4, -0.2) is 19.0 Å². The minimum atomic E-state index is 0. The lowest BCUT2D eigenvalue weighted by Gasteiger charge is -2.25. The van der Waals surface area contributed by atoms with Crippen LogP contribution in [0.2, 0.25) is 0 Å². The highest BCUT2D eigenvalue weighted by Gasteiger charge is 2.57. The van der Waals surface area contributed by atoms with Gasteiger partial charge in [-0.05, 0) is 54.8 Å². The molecule has 3 rings (SSSR count). The van der Waals surface area contributed by atoms with Crippen LogP contribution in [0.3, 0.4) is 0 Å². The monoisotopic (exact) mass is 322 g/mol. The zero-order valence-corrected chi connectivity index (χ0v) is 14.6. The molecule has 122 valence electrons. The van der Waals surface area contributed by atoms with E-state index >= 15 is 0 Å². The molecule has 1 heterocycles. The first-order chi connectivity index (χ1) is 9.92. The Morgan fingerprint density at radius 1 is 1.23 bits per heavy atom. The van der Waals surface area contributed by atoms with Gasteiger partial charge in [0.2, 0.25) is 5.91 Å². The Hall–Kier alpha value is -1.06. The SMILES string of the molecule is CC(C)(C)c1ccccc1NC(=O)C1CC12CCNCC2.Cl. The quantitative estimate of drug-likeness (QED) is 0.871. The van der Waals surface area contributed by atoms with Gasteiger partial charge in [0.1, 0.15) is 0 Å². The topological polar surface area (TPSA) is 41.1 Å². The first-order valence-electron chi connectivity index (χ1n) is 8.03. The Balaban J connectivity index is 0.00000176. The van der Waals surface area contributed by atoms with E-state index in [0.717, 1.165) is 38.0 Å². The van der Waals surface area contributed by atoms with Gasteiger partial charge in [0.05, 0.1) is 0 Å². The minimum Gasteiger partial charge on any atom is -0.326 e. The number of carbonyl (C=O) groups excluding carboxylic acids is 1. The predicted molar refractivity (Wildman–Crippen MR) is 93.7 cm³/mol. The Labute approximate surface area is 139 Å². The number of halogens is 1. The largest absolute Gasteiger partial charge is 0.326 e. The summed E-state index contributed by atoms with van der Waals surface area (Å²) in [7, 11) is 0. The molecule has 3 nitrogen and oxygen atoms in total. The minimum absolute atomic E-state index is 0. The van der Waals surface area contributed by atoms with Crippen LogP contribution in [-0.2, 0) is 10.2 Å². The third-order valence-electron chi connectivity index (χ3n) is 5.10. The molecular formula is C18H27ClN2O. The molecule has 1 saturated heterocycles. The molecule has 4 heteroatoms. The number of rotatable bonds is 2. The summed E-state index contributed by atoms with van der Waals surface area (Å²) < 4.78 is 0. The molecule has 1 amide bonds. The molecule has 2 aliphatic rings. The van der Waals surface area contributed by atoms with E-state index in [9.17, 15) is 4.79 Å². The molecule has 1 atom stereocenters. The molecule has 0 radical (unpaired) electrons. The number of benzene rings is 1. The van der Waals surface area contributed by atoms with Crippen molar-refractivity contribution in [3.63, 3.8) is 0 Å². The number of para-hydroxylation sites is 1. The van der Waals surface area contributed by atoms with E-state index < -0.39 is 0 Å². The Kier molecular flexibility index (Phi) is 4.88. The Morgan fingerprint density at radius 2 is 1.86 bits per heavy atom. The van der Waals surface area contributed by atoms with Gasteiger partial charge in [-0.1, -0.05) is 39.0 Å². The van der Waals surface area contributed by atoms with Crippen molar-refractivity contribution in [3.05, 3.63) is 29.8 Å². The third-order valence-corrected chi connectivity index (χ3v) is 5.10. The van der Waals surface area contributed by atoms with Gasteiger partial charge in [0.15, 0.2) is 0 Å². The normalized spacial score (nSPS) is 22.8. The summed E-state index contributed by atoms with van der Waals surface area (Å²) in [6.07, 6.45) is 3.36. The fourth-order valence-corrected chi connectivity index (χ4v) is 3.66. The number of hydrogen-bond donors (Lipinski definition) is 2. The van der Waals surface area contributed by atoms with Crippen LogP contribution in [0.5, 0.6) is 0 Å². The highest BCUT2D eigenvalue weighted by molar-refractivity contribution is 5.96. The van der Waals surface area contributed by atoms with E-state index in [0.29, 0.717) is 5.41 Å². The number of carbonyl (C=O) groups is 1. The van der Waals surface area contributed by atoms with Gasteiger partial charge < -0.3 is 10.6 Å². The summed E-state index contributed by atoms with van der Waals surface area (Å²) >= 11 is 0. The van der Waals surface area contributed by atoms with Gasteiger partial charge in [-0.2, -0.15) is 0 Å². The molecular weight excluding hydrogens is 296 g/mol. The van der Waals surface area contributed by atoms with E-state index in [1.165, 1.54) is 5.56 Å². The first kappa shape index (κ1) is 17.3. The maximum Gasteiger partial charge on any atom is 0.228 e.